The Kier molecular flexibility index (Phi) is 5.19. The van der Waals surface area contributed by atoms with Crippen molar-refractivity contribution in [2.24, 2.45) is 0 Å². The highest BCUT2D eigenvalue weighted by molar-refractivity contribution is 7.90. The number of methoxy groups -OCH3 is 1. The smallest absolute Gasteiger partial charge is 0.229 e. The van der Waals surface area contributed by atoms with Crippen LogP contribution < -0.4 is 15.0 Å². The average molecular weight is 442 g/mol. The van der Waals surface area contributed by atoms with Crippen LogP contribution in [0, 0.1) is 5.82 Å². The van der Waals surface area contributed by atoms with Crippen molar-refractivity contribution in [1.29, 1.82) is 0 Å². The van der Waals surface area contributed by atoms with Crippen LogP contribution in [0.4, 0.5) is 27.7 Å². The molecule has 0 unspecified atom stereocenters. The van der Waals surface area contributed by atoms with Crippen molar-refractivity contribution >= 4 is 44.0 Å². The molecule has 0 aliphatic heterocycles. The van der Waals surface area contributed by atoms with E-state index in [9.17, 15) is 12.8 Å². The van der Waals surface area contributed by atoms with Crippen LogP contribution in [-0.4, -0.2) is 49.0 Å². The van der Waals surface area contributed by atoms with Gasteiger partial charge in [-0.1, -0.05) is 0 Å². The largest absolute Gasteiger partial charge is 0.497 e. The highest BCUT2D eigenvalue weighted by Crippen LogP contribution is 2.30. The standard InChI is InChI=1S/C20H19FN6O3S/c1-27(19-16-8-12(21)4-5-17(16)25-26-19)18-6-7-22-20(24-18)23-13-9-14(30-2)11-15(10-13)31(3,28)29/h4-11H,1-3H3,(H,25,26)(H,22,23,24). The van der Waals surface area contributed by atoms with Gasteiger partial charge in [0.05, 0.1) is 17.5 Å². The van der Waals surface area contributed by atoms with Crippen molar-refractivity contribution in [2.45, 2.75) is 4.90 Å². The van der Waals surface area contributed by atoms with E-state index in [1.165, 1.54) is 31.4 Å². The molecule has 2 aromatic carbocycles. The molecule has 0 atom stereocenters. The number of rotatable bonds is 6. The maximum absolute atomic E-state index is 13.7. The number of halogens is 1. The van der Waals surface area contributed by atoms with Crippen LogP contribution in [-0.2, 0) is 9.84 Å². The number of hydrogen-bond acceptors (Lipinski definition) is 8. The predicted octanol–water partition coefficient (Wildman–Crippen LogP) is 3.42. The van der Waals surface area contributed by atoms with Crippen molar-refractivity contribution in [3.63, 3.8) is 0 Å². The molecule has 160 valence electrons. The zero-order chi connectivity index (χ0) is 22.2. The van der Waals surface area contributed by atoms with E-state index >= 15 is 0 Å². The molecule has 0 amide bonds. The molecule has 11 heteroatoms. The van der Waals surface area contributed by atoms with Crippen molar-refractivity contribution in [3.8, 4) is 5.75 Å². The molecule has 2 heterocycles. The Morgan fingerprint density at radius 3 is 2.71 bits per heavy atom. The van der Waals surface area contributed by atoms with Gasteiger partial charge in [-0.25, -0.2) is 17.8 Å². The van der Waals surface area contributed by atoms with Crippen molar-refractivity contribution < 1.29 is 17.5 Å². The quantitative estimate of drug-likeness (QED) is 0.467. The maximum atomic E-state index is 13.7. The number of sulfone groups is 1. The van der Waals surface area contributed by atoms with Gasteiger partial charge >= 0.3 is 0 Å². The lowest BCUT2D eigenvalue weighted by molar-refractivity contribution is 0.413. The summed E-state index contributed by atoms with van der Waals surface area (Å²) in [5.74, 6) is 1.25. The minimum Gasteiger partial charge on any atom is -0.497 e. The summed E-state index contributed by atoms with van der Waals surface area (Å²) >= 11 is 0. The summed E-state index contributed by atoms with van der Waals surface area (Å²) in [5.41, 5.74) is 1.15. The number of anilines is 4. The van der Waals surface area contributed by atoms with Crippen LogP contribution in [0.5, 0.6) is 5.75 Å². The Morgan fingerprint density at radius 2 is 1.97 bits per heavy atom. The van der Waals surface area contributed by atoms with Crippen LogP contribution in [0.15, 0.2) is 53.6 Å². The summed E-state index contributed by atoms with van der Waals surface area (Å²) in [7, 11) is -0.235. The van der Waals surface area contributed by atoms with Crippen LogP contribution in [0.1, 0.15) is 0 Å². The van der Waals surface area contributed by atoms with Gasteiger partial charge in [-0.05, 0) is 36.4 Å². The Bertz CT molecular complexity index is 1370. The molecule has 0 radical (unpaired) electrons. The van der Waals surface area contributed by atoms with Gasteiger partial charge in [0, 0.05) is 36.6 Å². The SMILES string of the molecule is COc1cc(Nc2nccc(N(C)c3n[nH]c4ccc(F)cc34)n2)cc(S(C)(=O)=O)c1. The van der Waals surface area contributed by atoms with Gasteiger partial charge in [-0.2, -0.15) is 10.1 Å². The van der Waals surface area contributed by atoms with Crippen LogP contribution >= 0.6 is 0 Å². The van der Waals surface area contributed by atoms with E-state index in [1.807, 2.05) is 0 Å². The maximum Gasteiger partial charge on any atom is 0.229 e. The van der Waals surface area contributed by atoms with Gasteiger partial charge in [0.25, 0.3) is 0 Å². The van der Waals surface area contributed by atoms with Crippen LogP contribution in [0.25, 0.3) is 10.9 Å². The highest BCUT2D eigenvalue weighted by atomic mass is 32.2. The van der Waals surface area contributed by atoms with E-state index in [-0.39, 0.29) is 16.7 Å². The normalized spacial score (nSPS) is 11.5. The van der Waals surface area contributed by atoms with Gasteiger partial charge in [0.1, 0.15) is 17.4 Å². The number of H-pyrrole nitrogens is 1. The lowest BCUT2D eigenvalue weighted by Crippen LogP contribution is -2.13. The first-order chi connectivity index (χ1) is 14.7. The Morgan fingerprint density at radius 1 is 1.16 bits per heavy atom. The first kappa shape index (κ1) is 20.5. The topological polar surface area (TPSA) is 113 Å². The van der Waals surface area contributed by atoms with E-state index in [2.05, 4.69) is 25.5 Å². The molecular weight excluding hydrogens is 423 g/mol. The summed E-state index contributed by atoms with van der Waals surface area (Å²) < 4.78 is 42.8. The Hall–Kier alpha value is -3.73. The van der Waals surface area contributed by atoms with Gasteiger partial charge in [-0.15, -0.1) is 0 Å². The number of aromatic amines is 1. The van der Waals surface area contributed by atoms with Gasteiger partial charge in [0.2, 0.25) is 5.95 Å². The molecule has 2 N–H and O–H groups in total. The van der Waals surface area contributed by atoms with E-state index in [0.29, 0.717) is 34.0 Å². The summed E-state index contributed by atoms with van der Waals surface area (Å²) in [5, 5.41) is 10.7. The third-order valence-electron chi connectivity index (χ3n) is 4.61. The molecule has 9 nitrogen and oxygen atoms in total. The second-order valence-corrected chi connectivity index (χ2v) is 8.84. The molecule has 0 fully saturated rings. The molecule has 0 saturated heterocycles. The number of aromatic nitrogens is 4. The molecule has 0 aliphatic carbocycles. The molecule has 0 spiro atoms. The third kappa shape index (κ3) is 4.26. The fourth-order valence-corrected chi connectivity index (χ4v) is 3.71. The summed E-state index contributed by atoms with van der Waals surface area (Å²) in [6.45, 7) is 0. The zero-order valence-electron chi connectivity index (χ0n) is 16.9. The van der Waals surface area contributed by atoms with Gasteiger partial charge in [-0.3, -0.25) is 5.10 Å². The van der Waals surface area contributed by atoms with Gasteiger partial charge in [0.15, 0.2) is 15.7 Å². The van der Waals surface area contributed by atoms with Crippen molar-refractivity contribution in [2.75, 3.05) is 30.6 Å². The minimum atomic E-state index is -3.44. The van der Waals surface area contributed by atoms with Crippen molar-refractivity contribution in [3.05, 3.63) is 54.5 Å². The number of benzene rings is 2. The second-order valence-electron chi connectivity index (χ2n) is 6.83. The number of nitrogens with one attached hydrogen (secondary N) is 2. The fraction of sp³-hybridized carbons (Fsp3) is 0.150. The average Bonchev–Trinajstić information content (AvgIpc) is 3.15. The lowest BCUT2D eigenvalue weighted by atomic mass is 10.2. The van der Waals surface area contributed by atoms with E-state index < -0.39 is 9.84 Å². The summed E-state index contributed by atoms with van der Waals surface area (Å²) in [4.78, 5) is 10.5. The molecular formula is C20H19FN6O3S. The summed E-state index contributed by atoms with van der Waals surface area (Å²) in [6.07, 6.45) is 2.67. The van der Waals surface area contributed by atoms with E-state index in [4.69, 9.17) is 4.74 Å². The second kappa shape index (κ2) is 7.84. The van der Waals surface area contributed by atoms with E-state index in [1.54, 1.807) is 36.3 Å². The fourth-order valence-electron chi connectivity index (χ4n) is 3.04. The summed E-state index contributed by atoms with van der Waals surface area (Å²) in [6, 6.07) is 10.6. The third-order valence-corrected chi connectivity index (χ3v) is 5.70. The molecule has 0 saturated carbocycles. The Balaban J connectivity index is 1.67. The monoisotopic (exact) mass is 442 g/mol. The lowest BCUT2D eigenvalue weighted by Gasteiger charge is -2.17. The molecule has 0 aliphatic rings. The molecule has 4 rings (SSSR count). The van der Waals surface area contributed by atoms with Crippen LogP contribution in [0.2, 0.25) is 0 Å². The minimum absolute atomic E-state index is 0.104. The first-order valence-electron chi connectivity index (χ1n) is 9.11. The number of nitrogens with zero attached hydrogens (tertiary/aromatic N) is 4. The number of ether oxygens (including phenoxy) is 1. The van der Waals surface area contributed by atoms with Crippen LogP contribution in [0.3, 0.4) is 0 Å². The predicted molar refractivity (Wildman–Crippen MR) is 116 cm³/mol. The zero-order valence-corrected chi connectivity index (χ0v) is 17.7. The molecule has 2 aromatic heterocycles. The van der Waals surface area contributed by atoms with Gasteiger partial charge < -0.3 is 15.0 Å². The highest BCUT2D eigenvalue weighted by Gasteiger charge is 2.15. The first-order valence-corrected chi connectivity index (χ1v) is 11.0. The number of hydrogen-bond donors (Lipinski definition) is 2. The number of fused-ring (bicyclic) bond motifs is 1. The molecule has 0 bridgehead atoms. The molecule has 31 heavy (non-hydrogen) atoms. The Labute approximate surface area is 177 Å². The van der Waals surface area contributed by atoms with E-state index in [0.717, 1.165) is 6.26 Å². The molecule has 4 aromatic rings. The van der Waals surface area contributed by atoms with Crippen molar-refractivity contribution in [1.82, 2.24) is 20.2 Å².